The standard InChI is InChI=1S/C18H19Cl2FN2/c1-4-23(3)11-22-17-8-12(2)7-14(18(17)20)9-13-5-6-16(21)15(19)10-13/h5-8,10-11H,4,9H2,1-3H3/b22-11-. The lowest BCUT2D eigenvalue weighted by molar-refractivity contribution is 0.552. The molecule has 5 heteroatoms. The molecule has 0 fully saturated rings. The Hall–Kier alpha value is -1.58. The Bertz CT molecular complexity index is 729. The summed E-state index contributed by atoms with van der Waals surface area (Å²) >= 11 is 12.3. The summed E-state index contributed by atoms with van der Waals surface area (Å²) in [6.45, 7) is 4.92. The van der Waals surface area contributed by atoms with Gasteiger partial charge in [0.05, 0.1) is 22.1 Å². The van der Waals surface area contributed by atoms with Gasteiger partial charge in [-0.3, -0.25) is 0 Å². The highest BCUT2D eigenvalue weighted by Crippen LogP contribution is 2.32. The third kappa shape index (κ3) is 4.69. The summed E-state index contributed by atoms with van der Waals surface area (Å²) in [6, 6.07) is 8.68. The molecule has 2 nitrogen and oxygen atoms in total. The quantitative estimate of drug-likeness (QED) is 0.501. The van der Waals surface area contributed by atoms with Gasteiger partial charge in [0.2, 0.25) is 0 Å². The van der Waals surface area contributed by atoms with Crippen molar-refractivity contribution < 1.29 is 4.39 Å². The molecule has 2 aromatic carbocycles. The fourth-order valence-corrected chi connectivity index (χ4v) is 2.59. The maximum absolute atomic E-state index is 13.3. The van der Waals surface area contributed by atoms with E-state index in [4.69, 9.17) is 23.2 Å². The first kappa shape index (κ1) is 17.8. The monoisotopic (exact) mass is 352 g/mol. The van der Waals surface area contributed by atoms with Gasteiger partial charge in [0.25, 0.3) is 0 Å². The van der Waals surface area contributed by atoms with Crippen LogP contribution in [0.3, 0.4) is 0 Å². The van der Waals surface area contributed by atoms with Crippen LogP contribution in [-0.2, 0) is 6.42 Å². The molecule has 0 unspecified atom stereocenters. The molecule has 122 valence electrons. The molecule has 0 aliphatic rings. The lowest BCUT2D eigenvalue weighted by Crippen LogP contribution is -2.14. The predicted molar refractivity (Wildman–Crippen MR) is 96.9 cm³/mol. The van der Waals surface area contributed by atoms with Gasteiger partial charge >= 0.3 is 0 Å². The molecule has 0 aliphatic heterocycles. The normalized spacial score (nSPS) is 11.2. The van der Waals surface area contributed by atoms with Crippen molar-refractivity contribution in [2.45, 2.75) is 20.3 Å². The first-order valence-electron chi connectivity index (χ1n) is 7.38. The summed E-state index contributed by atoms with van der Waals surface area (Å²) in [7, 11) is 1.95. The highest BCUT2D eigenvalue weighted by molar-refractivity contribution is 6.34. The van der Waals surface area contributed by atoms with Crippen molar-refractivity contribution in [3.8, 4) is 0 Å². The first-order chi connectivity index (χ1) is 10.9. The molecule has 2 aromatic rings. The van der Waals surface area contributed by atoms with Crippen molar-refractivity contribution in [2.75, 3.05) is 13.6 Å². The number of aliphatic imine (C=N–C) groups is 1. The van der Waals surface area contributed by atoms with Crippen LogP contribution in [0, 0.1) is 12.7 Å². The third-order valence-corrected chi connectivity index (χ3v) is 4.27. The second-order valence-corrected chi connectivity index (χ2v) is 6.29. The van der Waals surface area contributed by atoms with Crippen LogP contribution in [0.15, 0.2) is 35.3 Å². The van der Waals surface area contributed by atoms with Crippen molar-refractivity contribution in [3.05, 3.63) is 62.9 Å². The van der Waals surface area contributed by atoms with Crippen molar-refractivity contribution in [1.29, 1.82) is 0 Å². The van der Waals surface area contributed by atoms with Gasteiger partial charge in [0.15, 0.2) is 0 Å². The zero-order valence-electron chi connectivity index (χ0n) is 13.4. The van der Waals surface area contributed by atoms with Crippen molar-refractivity contribution in [2.24, 2.45) is 4.99 Å². The van der Waals surface area contributed by atoms with Crippen LogP contribution >= 0.6 is 23.2 Å². The molecule has 0 saturated heterocycles. The second kappa shape index (κ2) is 7.80. The Morgan fingerprint density at radius 2 is 1.96 bits per heavy atom. The summed E-state index contributed by atoms with van der Waals surface area (Å²) in [5, 5.41) is 0.728. The number of rotatable bonds is 5. The molecule has 2 rings (SSSR count). The molecule has 0 heterocycles. The largest absolute Gasteiger partial charge is 0.366 e. The van der Waals surface area contributed by atoms with Crippen LogP contribution in [0.5, 0.6) is 0 Å². The Kier molecular flexibility index (Phi) is 6.03. The molecule has 0 saturated carbocycles. The van der Waals surface area contributed by atoms with Crippen LogP contribution < -0.4 is 0 Å². The van der Waals surface area contributed by atoms with Crippen molar-refractivity contribution in [1.82, 2.24) is 4.90 Å². The van der Waals surface area contributed by atoms with E-state index in [1.54, 1.807) is 18.5 Å². The molecule has 0 atom stereocenters. The molecule has 0 aliphatic carbocycles. The van der Waals surface area contributed by atoms with E-state index in [1.807, 2.05) is 37.9 Å². The van der Waals surface area contributed by atoms with Gasteiger partial charge in [0, 0.05) is 13.6 Å². The minimum atomic E-state index is -0.418. The van der Waals surface area contributed by atoms with E-state index >= 15 is 0 Å². The maximum Gasteiger partial charge on any atom is 0.141 e. The zero-order chi connectivity index (χ0) is 17.0. The minimum Gasteiger partial charge on any atom is -0.366 e. The van der Waals surface area contributed by atoms with Gasteiger partial charge in [-0.25, -0.2) is 9.38 Å². The first-order valence-corrected chi connectivity index (χ1v) is 8.13. The fraction of sp³-hybridized carbons (Fsp3) is 0.278. The highest BCUT2D eigenvalue weighted by atomic mass is 35.5. The van der Waals surface area contributed by atoms with E-state index in [2.05, 4.69) is 4.99 Å². The van der Waals surface area contributed by atoms with Crippen LogP contribution in [0.1, 0.15) is 23.6 Å². The van der Waals surface area contributed by atoms with Crippen molar-refractivity contribution >= 4 is 35.2 Å². The van der Waals surface area contributed by atoms with Crippen LogP contribution in [-0.4, -0.2) is 24.8 Å². The Balaban J connectivity index is 2.33. The molecule has 0 spiro atoms. The van der Waals surface area contributed by atoms with E-state index in [1.165, 1.54) is 6.07 Å². The number of benzene rings is 2. The lowest BCUT2D eigenvalue weighted by atomic mass is 10.0. The van der Waals surface area contributed by atoms with Gasteiger partial charge in [-0.1, -0.05) is 35.3 Å². The smallest absolute Gasteiger partial charge is 0.141 e. The summed E-state index contributed by atoms with van der Waals surface area (Å²) in [4.78, 5) is 6.42. The number of nitrogens with zero attached hydrogens (tertiary/aromatic N) is 2. The van der Waals surface area contributed by atoms with E-state index in [-0.39, 0.29) is 5.02 Å². The van der Waals surface area contributed by atoms with Gasteiger partial charge in [0.1, 0.15) is 5.82 Å². The number of halogens is 3. The predicted octanol–water partition coefficient (Wildman–Crippen LogP) is 5.64. The molecule has 0 bridgehead atoms. The Morgan fingerprint density at radius 1 is 1.22 bits per heavy atom. The summed E-state index contributed by atoms with van der Waals surface area (Å²) < 4.78 is 13.3. The number of hydrogen-bond acceptors (Lipinski definition) is 1. The lowest BCUT2D eigenvalue weighted by Gasteiger charge is -2.12. The molecule has 0 N–H and O–H groups in total. The van der Waals surface area contributed by atoms with Crippen LogP contribution in [0.2, 0.25) is 10.0 Å². The van der Waals surface area contributed by atoms with E-state index < -0.39 is 5.82 Å². The second-order valence-electron chi connectivity index (χ2n) is 5.50. The summed E-state index contributed by atoms with van der Waals surface area (Å²) in [5.41, 5.74) is 3.66. The molecule has 0 radical (unpaired) electrons. The van der Waals surface area contributed by atoms with Gasteiger partial charge in [-0.05, 0) is 55.2 Å². The van der Waals surface area contributed by atoms with Gasteiger partial charge in [-0.15, -0.1) is 0 Å². The fourth-order valence-electron chi connectivity index (χ4n) is 2.16. The highest BCUT2D eigenvalue weighted by Gasteiger charge is 2.09. The average molecular weight is 353 g/mol. The van der Waals surface area contributed by atoms with Crippen molar-refractivity contribution in [3.63, 3.8) is 0 Å². The van der Waals surface area contributed by atoms with Gasteiger partial charge < -0.3 is 4.90 Å². The zero-order valence-corrected chi connectivity index (χ0v) is 14.9. The van der Waals surface area contributed by atoms with E-state index in [0.29, 0.717) is 11.4 Å². The average Bonchev–Trinajstić information content (AvgIpc) is 2.52. The summed E-state index contributed by atoms with van der Waals surface area (Å²) in [6.07, 6.45) is 2.34. The molecular weight excluding hydrogens is 334 g/mol. The SMILES string of the molecule is CCN(C)/C=N\c1cc(C)cc(Cc2ccc(F)c(Cl)c2)c1Cl. The molecular formula is C18H19Cl2FN2. The van der Waals surface area contributed by atoms with E-state index in [9.17, 15) is 4.39 Å². The van der Waals surface area contributed by atoms with Gasteiger partial charge in [-0.2, -0.15) is 0 Å². The minimum absolute atomic E-state index is 0.120. The Morgan fingerprint density at radius 3 is 2.61 bits per heavy atom. The maximum atomic E-state index is 13.3. The number of hydrogen-bond donors (Lipinski definition) is 0. The molecule has 0 aromatic heterocycles. The number of aryl methyl sites for hydroxylation is 1. The third-order valence-electron chi connectivity index (χ3n) is 3.54. The molecule has 23 heavy (non-hydrogen) atoms. The topological polar surface area (TPSA) is 15.6 Å². The summed E-state index contributed by atoms with van der Waals surface area (Å²) in [5.74, 6) is -0.418. The molecule has 0 amide bonds. The van der Waals surface area contributed by atoms with Crippen LogP contribution in [0.4, 0.5) is 10.1 Å². The van der Waals surface area contributed by atoms with Crippen LogP contribution in [0.25, 0.3) is 0 Å². The van der Waals surface area contributed by atoms with E-state index in [0.717, 1.165) is 28.9 Å². The Labute approximate surface area is 146 Å².